The predicted molar refractivity (Wildman–Crippen MR) is 50.2 cm³/mol. The van der Waals surface area contributed by atoms with Crippen LogP contribution in [0.3, 0.4) is 0 Å². The molecule has 1 heterocycles. The number of nitrogens with zero attached hydrogens (tertiary/aromatic N) is 1. The number of hydrogen-bond acceptors (Lipinski definition) is 3. The molecule has 0 aromatic rings. The van der Waals surface area contributed by atoms with Crippen LogP contribution in [-0.4, -0.2) is 40.9 Å². The van der Waals surface area contributed by atoms with E-state index >= 15 is 0 Å². The number of likely N-dealkylation sites (tertiary alicyclic amines) is 1. The van der Waals surface area contributed by atoms with E-state index in [0.29, 0.717) is 18.9 Å². The lowest BCUT2D eigenvalue weighted by molar-refractivity contribution is -0.128. The second kappa shape index (κ2) is 4.14. The topological polar surface area (TPSA) is 40.5 Å². The van der Waals surface area contributed by atoms with Crippen molar-refractivity contribution in [3.05, 3.63) is 0 Å². The second-order valence-corrected chi connectivity index (χ2v) is 3.77. The van der Waals surface area contributed by atoms with Gasteiger partial charge in [-0.1, -0.05) is 0 Å². The molecule has 1 aliphatic heterocycles. The Morgan fingerprint density at radius 2 is 2.50 bits per heavy atom. The van der Waals surface area contributed by atoms with E-state index in [9.17, 15) is 4.79 Å². The van der Waals surface area contributed by atoms with Crippen molar-refractivity contribution in [2.24, 2.45) is 5.92 Å². The number of carbonyl (C=O) groups excluding carboxylic acids is 1. The molecule has 1 aliphatic rings. The standard InChI is InChI=1S/C8H15NO2S/c1-6(10)3-9-4-7(5-12)2-8(9)11/h6-7,10,12H,2-5H2,1H3/t6-,7?/m0/s1. The molecule has 1 saturated heterocycles. The van der Waals surface area contributed by atoms with Crippen LogP contribution in [0.25, 0.3) is 0 Å². The maximum absolute atomic E-state index is 11.3. The number of hydrogen-bond donors (Lipinski definition) is 2. The highest BCUT2D eigenvalue weighted by molar-refractivity contribution is 7.80. The predicted octanol–water partition coefficient (Wildman–Crippen LogP) is 0.146. The summed E-state index contributed by atoms with van der Waals surface area (Å²) in [6, 6.07) is 0. The van der Waals surface area contributed by atoms with Crippen LogP contribution in [0.5, 0.6) is 0 Å². The van der Waals surface area contributed by atoms with Crippen LogP contribution in [0.15, 0.2) is 0 Å². The average Bonchev–Trinajstić information content (AvgIpc) is 2.31. The van der Waals surface area contributed by atoms with Crippen molar-refractivity contribution >= 4 is 18.5 Å². The number of aliphatic hydroxyl groups excluding tert-OH is 1. The normalized spacial score (nSPS) is 26.4. The number of β-amino-alcohol motifs (C(OH)–C–C–N with tert-alkyl or cyclic N) is 1. The third kappa shape index (κ3) is 2.38. The van der Waals surface area contributed by atoms with Crippen molar-refractivity contribution in [3.8, 4) is 0 Å². The van der Waals surface area contributed by atoms with Gasteiger partial charge < -0.3 is 10.0 Å². The van der Waals surface area contributed by atoms with E-state index in [0.717, 1.165) is 12.3 Å². The summed E-state index contributed by atoms with van der Waals surface area (Å²) in [5.41, 5.74) is 0. The first-order chi connectivity index (χ1) is 5.63. The molecule has 0 aromatic heterocycles. The second-order valence-electron chi connectivity index (χ2n) is 3.40. The number of amides is 1. The molecule has 0 aliphatic carbocycles. The van der Waals surface area contributed by atoms with Crippen molar-refractivity contribution in [3.63, 3.8) is 0 Å². The Bertz CT molecular complexity index is 172. The van der Waals surface area contributed by atoms with Crippen LogP contribution in [0.4, 0.5) is 0 Å². The van der Waals surface area contributed by atoms with Crippen molar-refractivity contribution in [2.75, 3.05) is 18.8 Å². The van der Waals surface area contributed by atoms with E-state index in [1.54, 1.807) is 11.8 Å². The van der Waals surface area contributed by atoms with Crippen LogP contribution < -0.4 is 0 Å². The Hall–Kier alpha value is -0.220. The van der Waals surface area contributed by atoms with Crippen molar-refractivity contribution < 1.29 is 9.90 Å². The Morgan fingerprint density at radius 3 is 2.92 bits per heavy atom. The summed E-state index contributed by atoms with van der Waals surface area (Å²) in [5.74, 6) is 1.27. The van der Waals surface area contributed by atoms with Gasteiger partial charge in [-0.3, -0.25) is 4.79 Å². The zero-order valence-electron chi connectivity index (χ0n) is 7.23. The molecule has 12 heavy (non-hydrogen) atoms. The molecular formula is C8H15NO2S. The van der Waals surface area contributed by atoms with Crippen molar-refractivity contribution in [2.45, 2.75) is 19.4 Å². The molecular weight excluding hydrogens is 174 g/mol. The SMILES string of the molecule is C[C@H](O)CN1CC(CS)CC1=O. The Morgan fingerprint density at radius 1 is 1.83 bits per heavy atom. The summed E-state index contributed by atoms with van der Waals surface area (Å²) in [5, 5.41) is 9.08. The Labute approximate surface area is 78.2 Å². The number of thiol groups is 1. The molecule has 0 bridgehead atoms. The number of aliphatic hydroxyl groups is 1. The largest absolute Gasteiger partial charge is 0.392 e. The molecule has 1 N–H and O–H groups in total. The summed E-state index contributed by atoms with van der Waals surface area (Å²) in [6.07, 6.45) is 0.170. The van der Waals surface area contributed by atoms with Crippen LogP contribution in [-0.2, 0) is 4.79 Å². The van der Waals surface area contributed by atoms with Crippen LogP contribution >= 0.6 is 12.6 Å². The minimum atomic E-state index is -0.424. The lowest BCUT2D eigenvalue weighted by Crippen LogP contribution is -2.32. The Balaban J connectivity index is 2.41. The van der Waals surface area contributed by atoms with Crippen molar-refractivity contribution in [1.29, 1.82) is 0 Å². The van der Waals surface area contributed by atoms with E-state index in [1.807, 2.05) is 0 Å². The van der Waals surface area contributed by atoms with Crippen molar-refractivity contribution in [1.82, 2.24) is 4.90 Å². The first-order valence-electron chi connectivity index (χ1n) is 4.20. The van der Waals surface area contributed by atoms with Gasteiger partial charge in [0.25, 0.3) is 0 Å². The number of rotatable bonds is 3. The number of carbonyl (C=O) groups is 1. The fourth-order valence-electron chi connectivity index (χ4n) is 1.47. The molecule has 1 rings (SSSR count). The van der Waals surface area contributed by atoms with E-state index in [2.05, 4.69) is 12.6 Å². The minimum absolute atomic E-state index is 0.148. The molecule has 1 unspecified atom stereocenters. The average molecular weight is 189 g/mol. The molecule has 70 valence electrons. The first-order valence-corrected chi connectivity index (χ1v) is 4.83. The zero-order valence-corrected chi connectivity index (χ0v) is 8.13. The van der Waals surface area contributed by atoms with Gasteiger partial charge in [-0.15, -0.1) is 0 Å². The fourth-order valence-corrected chi connectivity index (χ4v) is 1.72. The summed E-state index contributed by atoms with van der Waals surface area (Å²) >= 11 is 4.15. The monoisotopic (exact) mass is 189 g/mol. The maximum Gasteiger partial charge on any atom is 0.223 e. The third-order valence-corrected chi connectivity index (χ3v) is 2.55. The quantitative estimate of drug-likeness (QED) is 0.620. The van der Waals surface area contributed by atoms with Gasteiger partial charge in [0.05, 0.1) is 6.10 Å². The highest BCUT2D eigenvalue weighted by Crippen LogP contribution is 2.18. The molecule has 0 spiro atoms. The summed E-state index contributed by atoms with van der Waals surface area (Å²) in [7, 11) is 0. The molecule has 1 fully saturated rings. The van der Waals surface area contributed by atoms with Gasteiger partial charge in [0.1, 0.15) is 0 Å². The molecule has 4 heteroatoms. The molecule has 2 atom stereocenters. The minimum Gasteiger partial charge on any atom is -0.392 e. The smallest absolute Gasteiger partial charge is 0.223 e. The van der Waals surface area contributed by atoms with Gasteiger partial charge in [0.2, 0.25) is 5.91 Å². The summed E-state index contributed by atoms with van der Waals surface area (Å²) < 4.78 is 0. The maximum atomic E-state index is 11.3. The van der Waals surface area contributed by atoms with E-state index in [1.165, 1.54) is 0 Å². The van der Waals surface area contributed by atoms with E-state index in [-0.39, 0.29) is 5.91 Å². The molecule has 3 nitrogen and oxygen atoms in total. The van der Waals surface area contributed by atoms with Gasteiger partial charge in [0.15, 0.2) is 0 Å². The molecule has 0 radical (unpaired) electrons. The van der Waals surface area contributed by atoms with Gasteiger partial charge in [0, 0.05) is 19.5 Å². The Kier molecular flexibility index (Phi) is 3.40. The third-order valence-electron chi connectivity index (χ3n) is 2.04. The van der Waals surface area contributed by atoms with Crippen LogP contribution in [0.1, 0.15) is 13.3 Å². The summed E-state index contributed by atoms with van der Waals surface area (Å²) in [6.45, 7) is 2.91. The molecule has 0 saturated carbocycles. The highest BCUT2D eigenvalue weighted by Gasteiger charge is 2.28. The van der Waals surface area contributed by atoms with Gasteiger partial charge in [-0.05, 0) is 18.6 Å². The van der Waals surface area contributed by atoms with Gasteiger partial charge in [-0.25, -0.2) is 0 Å². The van der Waals surface area contributed by atoms with E-state index < -0.39 is 6.10 Å². The molecule has 1 amide bonds. The van der Waals surface area contributed by atoms with Gasteiger partial charge >= 0.3 is 0 Å². The summed E-state index contributed by atoms with van der Waals surface area (Å²) in [4.78, 5) is 13.0. The first kappa shape index (κ1) is 9.86. The van der Waals surface area contributed by atoms with Gasteiger partial charge in [-0.2, -0.15) is 12.6 Å². The van der Waals surface area contributed by atoms with Crippen LogP contribution in [0.2, 0.25) is 0 Å². The molecule has 0 aromatic carbocycles. The van der Waals surface area contributed by atoms with E-state index in [4.69, 9.17) is 5.11 Å². The lowest BCUT2D eigenvalue weighted by Gasteiger charge is -2.17. The van der Waals surface area contributed by atoms with Crippen LogP contribution in [0, 0.1) is 5.92 Å². The lowest BCUT2D eigenvalue weighted by atomic mass is 10.1. The highest BCUT2D eigenvalue weighted by atomic mass is 32.1. The fraction of sp³-hybridized carbons (Fsp3) is 0.875. The zero-order chi connectivity index (χ0) is 9.14.